The molecule has 0 saturated carbocycles. The maximum absolute atomic E-state index is 13.9. The molecule has 4 aliphatic rings. The maximum Gasteiger partial charge on any atom is 0.322 e. The van der Waals surface area contributed by atoms with Crippen LogP contribution in [0.4, 0.5) is 16.2 Å². The molecular weight excluding hydrogens is 570 g/mol. The minimum atomic E-state index is -0.373. The van der Waals surface area contributed by atoms with E-state index in [1.807, 2.05) is 32.9 Å². The number of thioether (sulfide) groups is 1. The van der Waals surface area contributed by atoms with E-state index in [0.29, 0.717) is 32.1 Å². The molecule has 1 N–H and O–H groups in total. The van der Waals surface area contributed by atoms with Crippen molar-refractivity contribution >= 4 is 41.0 Å². The number of nitrogens with one attached hydrogen (secondary N) is 1. The zero-order valence-corrected chi connectivity index (χ0v) is 27.1. The normalized spacial score (nSPS) is 23.2. The van der Waals surface area contributed by atoms with Crippen LogP contribution in [-0.2, 0) is 16.0 Å². The number of carbonyl (C=O) groups is 3. The second kappa shape index (κ2) is 13.8. The van der Waals surface area contributed by atoms with Crippen molar-refractivity contribution in [3.63, 3.8) is 0 Å². The van der Waals surface area contributed by atoms with Gasteiger partial charge in [0.2, 0.25) is 11.8 Å². The van der Waals surface area contributed by atoms with E-state index in [-0.39, 0.29) is 40.9 Å². The number of amides is 4. The smallest absolute Gasteiger partial charge is 0.322 e. The highest BCUT2D eigenvalue weighted by atomic mass is 32.2. The summed E-state index contributed by atoms with van der Waals surface area (Å²) in [4.78, 5) is 49.0. The molecule has 6 rings (SSSR count). The topological polar surface area (TPSA) is 76.2 Å². The fourth-order valence-electron chi connectivity index (χ4n) is 7.16. The summed E-state index contributed by atoms with van der Waals surface area (Å²) in [5, 5.41) is 2.63. The third-order valence-corrected chi connectivity index (χ3v) is 11.2. The molecule has 44 heavy (non-hydrogen) atoms. The van der Waals surface area contributed by atoms with Gasteiger partial charge in [-0.3, -0.25) is 9.59 Å². The Morgan fingerprint density at radius 3 is 2.43 bits per heavy atom. The number of fused-ring (bicyclic) bond motifs is 1. The second-order valence-electron chi connectivity index (χ2n) is 13.1. The van der Waals surface area contributed by atoms with Crippen molar-refractivity contribution < 1.29 is 14.4 Å². The number of likely N-dealkylation sites (tertiary alicyclic amines) is 1. The van der Waals surface area contributed by atoms with Gasteiger partial charge in [0.25, 0.3) is 0 Å². The first-order valence-electron chi connectivity index (χ1n) is 16.6. The number of rotatable bonds is 8. The molecule has 9 heteroatoms. The Hall–Kier alpha value is -3.20. The van der Waals surface area contributed by atoms with Crippen LogP contribution in [0.15, 0.2) is 48.5 Å². The van der Waals surface area contributed by atoms with Crippen LogP contribution in [0.3, 0.4) is 0 Å². The van der Waals surface area contributed by atoms with Crippen LogP contribution in [0.25, 0.3) is 0 Å². The molecule has 0 aliphatic carbocycles. The molecule has 4 aliphatic heterocycles. The van der Waals surface area contributed by atoms with E-state index < -0.39 is 0 Å². The average Bonchev–Trinajstić information content (AvgIpc) is 3.24. The highest BCUT2D eigenvalue weighted by molar-refractivity contribution is 8.01. The molecule has 4 heterocycles. The molecule has 2 unspecified atom stereocenters. The van der Waals surface area contributed by atoms with E-state index >= 15 is 0 Å². The van der Waals surface area contributed by atoms with Crippen molar-refractivity contribution in [2.75, 3.05) is 49.5 Å². The third-order valence-electron chi connectivity index (χ3n) is 9.74. The van der Waals surface area contributed by atoms with Crippen molar-refractivity contribution in [2.45, 2.75) is 81.9 Å². The number of anilines is 2. The number of piperidine rings is 2. The molecular formula is C35H47N5O3S. The molecule has 2 aromatic rings. The van der Waals surface area contributed by atoms with Gasteiger partial charge in [0.1, 0.15) is 5.37 Å². The van der Waals surface area contributed by atoms with Crippen LogP contribution in [-0.4, -0.2) is 83.1 Å². The van der Waals surface area contributed by atoms with Gasteiger partial charge in [0.15, 0.2) is 0 Å². The average molecular weight is 618 g/mol. The minimum Gasteiger partial charge on any atom is -0.371 e. The summed E-state index contributed by atoms with van der Waals surface area (Å²) >= 11 is 1.66. The van der Waals surface area contributed by atoms with Gasteiger partial charge in [0.05, 0.1) is 5.25 Å². The predicted octanol–water partition coefficient (Wildman–Crippen LogP) is 6.14. The van der Waals surface area contributed by atoms with Gasteiger partial charge in [-0.1, -0.05) is 50.2 Å². The summed E-state index contributed by atoms with van der Waals surface area (Å²) in [6.45, 7) is 9.12. The highest BCUT2D eigenvalue weighted by Gasteiger charge is 2.43. The SMILES string of the molecule is CC(C)CCN1C(=O)C(CC(=O)N2CCC(N3CCc4ccccc4NC3=O)CC2)SC1c1ccccc1N1CCCCC1. The molecule has 0 radical (unpaired) electrons. The lowest BCUT2D eigenvalue weighted by Crippen LogP contribution is -2.50. The number of carbonyl (C=O) groups excluding carboxylic acids is 3. The Bertz CT molecular complexity index is 1340. The summed E-state index contributed by atoms with van der Waals surface area (Å²) in [6.07, 6.45) is 7.19. The van der Waals surface area contributed by atoms with E-state index in [1.54, 1.807) is 11.8 Å². The number of nitrogens with zero attached hydrogens (tertiary/aromatic N) is 4. The summed E-state index contributed by atoms with van der Waals surface area (Å²) in [5.41, 5.74) is 4.49. The zero-order chi connectivity index (χ0) is 30.6. The first kappa shape index (κ1) is 30.8. The fourth-order valence-corrected chi connectivity index (χ4v) is 8.66. The summed E-state index contributed by atoms with van der Waals surface area (Å²) < 4.78 is 0. The minimum absolute atomic E-state index is 0.0509. The van der Waals surface area contributed by atoms with Crippen molar-refractivity contribution in [3.05, 3.63) is 59.7 Å². The molecule has 0 spiro atoms. The number of para-hydroxylation sites is 2. The van der Waals surface area contributed by atoms with Crippen molar-refractivity contribution in [1.82, 2.24) is 14.7 Å². The van der Waals surface area contributed by atoms with Gasteiger partial charge < -0.3 is 24.9 Å². The Kier molecular flexibility index (Phi) is 9.69. The molecule has 0 aromatic heterocycles. The van der Waals surface area contributed by atoms with Crippen LogP contribution in [0, 0.1) is 5.92 Å². The highest BCUT2D eigenvalue weighted by Crippen LogP contribution is 2.47. The van der Waals surface area contributed by atoms with E-state index in [2.05, 4.69) is 54.4 Å². The number of urea groups is 1. The van der Waals surface area contributed by atoms with Crippen molar-refractivity contribution in [2.24, 2.45) is 5.92 Å². The Morgan fingerprint density at radius 2 is 1.66 bits per heavy atom. The molecule has 2 aromatic carbocycles. The van der Waals surface area contributed by atoms with E-state index in [0.717, 1.165) is 50.0 Å². The molecule has 4 amide bonds. The van der Waals surface area contributed by atoms with Crippen LogP contribution in [0.2, 0.25) is 0 Å². The molecule has 8 nitrogen and oxygen atoms in total. The monoisotopic (exact) mass is 617 g/mol. The van der Waals surface area contributed by atoms with Crippen LogP contribution in [0.5, 0.6) is 0 Å². The van der Waals surface area contributed by atoms with Crippen LogP contribution in [0.1, 0.15) is 75.3 Å². The van der Waals surface area contributed by atoms with Gasteiger partial charge in [-0.25, -0.2) is 4.79 Å². The van der Waals surface area contributed by atoms with Crippen LogP contribution >= 0.6 is 11.8 Å². The number of hydrogen-bond acceptors (Lipinski definition) is 5. The van der Waals surface area contributed by atoms with Gasteiger partial charge in [-0.2, -0.15) is 0 Å². The summed E-state index contributed by atoms with van der Waals surface area (Å²) in [7, 11) is 0. The van der Waals surface area contributed by atoms with E-state index in [4.69, 9.17) is 0 Å². The predicted molar refractivity (Wildman–Crippen MR) is 178 cm³/mol. The van der Waals surface area contributed by atoms with E-state index in [1.165, 1.54) is 30.5 Å². The van der Waals surface area contributed by atoms with Gasteiger partial charge in [-0.15, -0.1) is 11.8 Å². The van der Waals surface area contributed by atoms with Crippen LogP contribution < -0.4 is 10.2 Å². The lowest BCUT2D eigenvalue weighted by atomic mass is 10.0. The first-order valence-corrected chi connectivity index (χ1v) is 17.6. The maximum atomic E-state index is 13.9. The number of benzene rings is 2. The largest absolute Gasteiger partial charge is 0.371 e. The number of hydrogen-bond donors (Lipinski definition) is 1. The first-order chi connectivity index (χ1) is 21.4. The molecule has 0 bridgehead atoms. The molecule has 3 fully saturated rings. The molecule has 2 atom stereocenters. The molecule has 3 saturated heterocycles. The van der Waals surface area contributed by atoms with Crippen molar-refractivity contribution in [3.8, 4) is 0 Å². The Balaban J connectivity index is 1.10. The molecule has 236 valence electrons. The van der Waals surface area contributed by atoms with E-state index in [9.17, 15) is 14.4 Å². The quantitative estimate of drug-likeness (QED) is 0.385. The lowest BCUT2D eigenvalue weighted by molar-refractivity contribution is -0.136. The van der Waals surface area contributed by atoms with Gasteiger partial charge in [-0.05, 0) is 68.6 Å². The Morgan fingerprint density at radius 1 is 0.932 bits per heavy atom. The lowest BCUT2D eigenvalue weighted by Gasteiger charge is -2.38. The standard InChI is InChI=1S/C35H47N5O3S/c1-25(2)14-22-40-33(42)31(44-34(40)28-11-5-7-13-30(28)37-18-8-3-9-19-37)24-32(41)38-20-16-27(17-21-38)39-23-15-26-10-4-6-12-29(26)36-35(39)43/h4-7,10-13,25,27,31,34H,3,8-9,14-24H2,1-2H3,(H,36,43). The summed E-state index contributed by atoms with van der Waals surface area (Å²) in [5.74, 6) is 0.641. The van der Waals surface area contributed by atoms with Crippen molar-refractivity contribution in [1.29, 1.82) is 0 Å². The Labute approximate surface area is 266 Å². The third kappa shape index (κ3) is 6.72. The second-order valence-corrected chi connectivity index (χ2v) is 14.4. The van der Waals surface area contributed by atoms with Gasteiger partial charge >= 0.3 is 6.03 Å². The zero-order valence-electron chi connectivity index (χ0n) is 26.2. The summed E-state index contributed by atoms with van der Waals surface area (Å²) in [6, 6.07) is 16.6. The fraction of sp³-hybridized carbons (Fsp3) is 0.571. The van der Waals surface area contributed by atoms with Gasteiger partial charge in [0, 0.05) is 68.7 Å².